The smallest absolute Gasteiger partial charge is 0.317 e. The van der Waals surface area contributed by atoms with Gasteiger partial charge in [-0.15, -0.1) is 0 Å². The molecule has 2 aliphatic rings. The van der Waals surface area contributed by atoms with Crippen molar-refractivity contribution in [3.63, 3.8) is 0 Å². The lowest BCUT2D eigenvalue weighted by Crippen LogP contribution is -2.53. The topological polar surface area (TPSA) is 48.5 Å². The molecule has 2 amide bonds. The predicted molar refractivity (Wildman–Crippen MR) is 108 cm³/mol. The number of rotatable bonds is 2. The number of fused-ring (bicyclic) bond motifs is 1. The number of hydrogen-bond donors (Lipinski definition) is 1. The highest BCUT2D eigenvalue weighted by atomic mass is 32.1. The maximum atomic E-state index is 12.5. The molecule has 1 aromatic heterocycles. The highest BCUT2D eigenvalue weighted by molar-refractivity contribution is 7.22. The molecule has 2 fully saturated rings. The average Bonchev–Trinajstić information content (AvgIpc) is 3.13. The Kier molecular flexibility index (Phi) is 5.02. The number of nitrogens with zero attached hydrogens (tertiary/aromatic N) is 3. The molecule has 5 nitrogen and oxygen atoms in total. The van der Waals surface area contributed by atoms with Crippen molar-refractivity contribution in [2.24, 2.45) is 0 Å². The molecule has 1 N–H and O–H groups in total. The lowest BCUT2D eigenvalue weighted by Gasteiger charge is -2.35. The van der Waals surface area contributed by atoms with Gasteiger partial charge in [-0.25, -0.2) is 9.78 Å². The van der Waals surface area contributed by atoms with Crippen LogP contribution >= 0.6 is 11.3 Å². The SMILES string of the molecule is Cc1ccc(C)c2sc(N3CCN(C(=O)NC4CCCCC4)CC3)nc12. The summed E-state index contributed by atoms with van der Waals surface area (Å²) in [5, 5.41) is 4.32. The Labute approximate surface area is 159 Å². The van der Waals surface area contributed by atoms with Gasteiger partial charge in [0.15, 0.2) is 5.13 Å². The van der Waals surface area contributed by atoms with Crippen LogP contribution < -0.4 is 10.2 Å². The number of aromatic nitrogens is 1. The summed E-state index contributed by atoms with van der Waals surface area (Å²) in [6, 6.07) is 4.82. The van der Waals surface area contributed by atoms with Crippen molar-refractivity contribution in [3.05, 3.63) is 23.3 Å². The first-order valence-corrected chi connectivity index (χ1v) is 10.6. The van der Waals surface area contributed by atoms with Crippen molar-refractivity contribution in [2.75, 3.05) is 31.1 Å². The number of urea groups is 1. The fourth-order valence-corrected chi connectivity index (χ4v) is 5.16. The van der Waals surface area contributed by atoms with Gasteiger partial charge in [0.25, 0.3) is 0 Å². The number of piperazine rings is 1. The predicted octanol–water partition coefficient (Wildman–Crippen LogP) is 4.08. The van der Waals surface area contributed by atoms with E-state index in [1.807, 2.05) is 4.90 Å². The zero-order valence-electron chi connectivity index (χ0n) is 15.8. The minimum Gasteiger partial charge on any atom is -0.345 e. The minimum atomic E-state index is 0.118. The molecule has 4 rings (SSSR count). The summed E-state index contributed by atoms with van der Waals surface area (Å²) in [5.41, 5.74) is 3.65. The Balaban J connectivity index is 1.38. The Morgan fingerprint density at radius 1 is 1.08 bits per heavy atom. The van der Waals surface area contributed by atoms with E-state index in [1.165, 1.54) is 35.1 Å². The molecule has 140 valence electrons. The number of aryl methyl sites for hydroxylation is 2. The van der Waals surface area contributed by atoms with Gasteiger partial charge in [-0.3, -0.25) is 0 Å². The van der Waals surface area contributed by atoms with E-state index in [0.29, 0.717) is 6.04 Å². The molecule has 0 spiro atoms. The number of hydrogen-bond acceptors (Lipinski definition) is 4. The molecule has 26 heavy (non-hydrogen) atoms. The Morgan fingerprint density at radius 3 is 2.46 bits per heavy atom. The third-order valence-corrected chi connectivity index (χ3v) is 6.95. The van der Waals surface area contributed by atoms with Crippen molar-refractivity contribution in [1.82, 2.24) is 15.2 Å². The summed E-state index contributed by atoms with van der Waals surface area (Å²) in [5.74, 6) is 0. The summed E-state index contributed by atoms with van der Waals surface area (Å²) >= 11 is 1.78. The second kappa shape index (κ2) is 7.43. The summed E-state index contributed by atoms with van der Waals surface area (Å²) in [6.45, 7) is 7.53. The van der Waals surface area contributed by atoms with Crippen molar-refractivity contribution >= 4 is 32.7 Å². The van der Waals surface area contributed by atoms with Crippen LogP contribution in [0.15, 0.2) is 12.1 Å². The number of carbonyl (C=O) groups excluding carboxylic acids is 1. The van der Waals surface area contributed by atoms with E-state index in [4.69, 9.17) is 4.98 Å². The fraction of sp³-hybridized carbons (Fsp3) is 0.600. The molecule has 1 aliphatic carbocycles. The van der Waals surface area contributed by atoms with E-state index >= 15 is 0 Å². The maximum absolute atomic E-state index is 12.5. The van der Waals surface area contributed by atoms with Crippen LogP contribution in [-0.4, -0.2) is 48.1 Å². The number of thiazole rings is 1. The van der Waals surface area contributed by atoms with Gasteiger partial charge in [-0.2, -0.15) is 0 Å². The first-order chi connectivity index (χ1) is 12.6. The number of amides is 2. The van der Waals surface area contributed by atoms with Gasteiger partial charge in [-0.1, -0.05) is 42.7 Å². The standard InChI is InChI=1S/C20H28N4OS/c1-14-8-9-15(2)18-17(14)22-20(26-18)24-12-10-23(11-13-24)19(25)21-16-6-4-3-5-7-16/h8-9,16H,3-7,10-13H2,1-2H3,(H,21,25). The Morgan fingerprint density at radius 2 is 1.77 bits per heavy atom. The van der Waals surface area contributed by atoms with Crippen molar-refractivity contribution in [2.45, 2.75) is 52.0 Å². The van der Waals surface area contributed by atoms with Crippen molar-refractivity contribution in [1.29, 1.82) is 0 Å². The zero-order valence-corrected chi connectivity index (χ0v) is 16.6. The molecule has 0 unspecified atom stereocenters. The van der Waals surface area contributed by atoms with Gasteiger partial charge in [0.05, 0.1) is 10.2 Å². The summed E-state index contributed by atoms with van der Waals surface area (Å²) in [6.07, 6.45) is 6.07. The average molecular weight is 373 g/mol. The fourth-order valence-electron chi connectivity index (χ4n) is 4.00. The minimum absolute atomic E-state index is 0.118. The second-order valence-corrected chi connectivity index (χ2v) is 8.61. The maximum Gasteiger partial charge on any atom is 0.317 e. The molecule has 0 atom stereocenters. The summed E-state index contributed by atoms with van der Waals surface area (Å²) < 4.78 is 1.29. The quantitative estimate of drug-likeness (QED) is 0.864. The van der Waals surface area contributed by atoms with Crippen LogP contribution in [0.5, 0.6) is 0 Å². The van der Waals surface area contributed by atoms with E-state index in [2.05, 4.69) is 36.2 Å². The van der Waals surface area contributed by atoms with Crippen molar-refractivity contribution < 1.29 is 4.79 Å². The molecular weight excluding hydrogens is 344 g/mol. The van der Waals surface area contributed by atoms with Crippen LogP contribution in [0.3, 0.4) is 0 Å². The van der Waals surface area contributed by atoms with Crippen LogP contribution in [0, 0.1) is 13.8 Å². The van der Waals surface area contributed by atoms with Gasteiger partial charge in [0.2, 0.25) is 0 Å². The molecule has 2 aromatic rings. The Hall–Kier alpha value is -1.82. The van der Waals surface area contributed by atoms with E-state index in [-0.39, 0.29) is 6.03 Å². The lowest BCUT2D eigenvalue weighted by atomic mass is 9.96. The van der Waals surface area contributed by atoms with E-state index < -0.39 is 0 Å². The van der Waals surface area contributed by atoms with E-state index in [1.54, 1.807) is 11.3 Å². The van der Waals surface area contributed by atoms with Gasteiger partial charge in [0.1, 0.15) is 0 Å². The molecule has 1 saturated carbocycles. The Bertz CT molecular complexity index is 749. The van der Waals surface area contributed by atoms with E-state index in [9.17, 15) is 4.79 Å². The van der Waals surface area contributed by atoms with Crippen LogP contribution in [0.1, 0.15) is 43.2 Å². The van der Waals surface area contributed by atoms with Gasteiger partial charge in [0, 0.05) is 32.2 Å². The number of anilines is 1. The normalized spacial score (nSPS) is 19.2. The second-order valence-electron chi connectivity index (χ2n) is 7.63. The summed E-state index contributed by atoms with van der Waals surface area (Å²) in [4.78, 5) is 21.7. The van der Waals surface area contributed by atoms with Gasteiger partial charge < -0.3 is 15.1 Å². The third-order valence-electron chi connectivity index (χ3n) is 5.70. The number of nitrogens with one attached hydrogen (secondary N) is 1. The van der Waals surface area contributed by atoms with Gasteiger partial charge >= 0.3 is 6.03 Å². The van der Waals surface area contributed by atoms with Crippen LogP contribution in [0.2, 0.25) is 0 Å². The summed E-state index contributed by atoms with van der Waals surface area (Å²) in [7, 11) is 0. The van der Waals surface area contributed by atoms with Gasteiger partial charge in [-0.05, 0) is 37.8 Å². The van der Waals surface area contributed by atoms with E-state index in [0.717, 1.165) is 49.7 Å². The zero-order chi connectivity index (χ0) is 18.1. The first-order valence-electron chi connectivity index (χ1n) is 9.79. The number of carbonyl (C=O) groups is 1. The lowest BCUT2D eigenvalue weighted by molar-refractivity contribution is 0.186. The van der Waals surface area contributed by atoms with Crippen LogP contribution in [0.4, 0.5) is 9.93 Å². The van der Waals surface area contributed by atoms with Crippen LogP contribution in [0.25, 0.3) is 10.2 Å². The molecule has 0 bridgehead atoms. The molecule has 1 saturated heterocycles. The molecule has 0 radical (unpaired) electrons. The molecule has 1 aliphatic heterocycles. The molecular formula is C20H28N4OS. The molecule has 2 heterocycles. The largest absolute Gasteiger partial charge is 0.345 e. The van der Waals surface area contributed by atoms with Crippen LogP contribution in [-0.2, 0) is 0 Å². The monoisotopic (exact) mass is 372 g/mol. The third kappa shape index (κ3) is 3.52. The highest BCUT2D eigenvalue weighted by Gasteiger charge is 2.25. The highest BCUT2D eigenvalue weighted by Crippen LogP contribution is 2.33. The first kappa shape index (κ1) is 17.6. The number of benzene rings is 1. The van der Waals surface area contributed by atoms with Crippen molar-refractivity contribution in [3.8, 4) is 0 Å². The molecule has 1 aromatic carbocycles. The molecule has 6 heteroatoms.